The first-order valence-electron chi connectivity index (χ1n) is 4.09. The van der Waals surface area contributed by atoms with Gasteiger partial charge in [-0.05, 0) is 6.07 Å². The van der Waals surface area contributed by atoms with Crippen molar-refractivity contribution in [3.8, 4) is 11.3 Å². The van der Waals surface area contributed by atoms with Crippen LogP contribution in [0.4, 0.5) is 0 Å². The van der Waals surface area contributed by atoms with Crippen LogP contribution in [0.25, 0.3) is 11.3 Å². The monoisotopic (exact) mass is 276 g/mol. The number of rotatable bonds is 2. The van der Waals surface area contributed by atoms with Crippen LogP contribution in [-0.4, -0.2) is 13.4 Å². The third-order valence-electron chi connectivity index (χ3n) is 1.90. The van der Waals surface area contributed by atoms with Gasteiger partial charge >= 0.3 is 0 Å². The number of primary sulfonamides is 1. The molecule has 7 heteroatoms. The van der Waals surface area contributed by atoms with Crippen molar-refractivity contribution >= 4 is 33.8 Å². The molecule has 0 saturated heterocycles. The number of hydrogen-bond donors (Lipinski definition) is 1. The second-order valence-electron chi connectivity index (χ2n) is 2.91. The van der Waals surface area contributed by atoms with E-state index in [4.69, 9.17) is 5.14 Å². The minimum atomic E-state index is -3.69. The van der Waals surface area contributed by atoms with E-state index in [1.807, 2.05) is 0 Å². The summed E-state index contributed by atoms with van der Waals surface area (Å²) >= 11 is 1.41. The Morgan fingerprint density at radius 1 is 1.25 bits per heavy atom. The van der Waals surface area contributed by atoms with Crippen molar-refractivity contribution in [2.75, 3.05) is 0 Å². The number of halogens is 1. The Balaban J connectivity index is 0.00000128. The molecule has 0 atom stereocenters. The number of sulfonamides is 1. The molecule has 0 amide bonds. The van der Waals surface area contributed by atoms with E-state index in [9.17, 15) is 8.42 Å². The summed E-state index contributed by atoms with van der Waals surface area (Å²) in [5, 5.41) is 6.89. The quantitative estimate of drug-likeness (QED) is 0.910. The molecule has 16 heavy (non-hydrogen) atoms. The summed E-state index contributed by atoms with van der Waals surface area (Å²) in [6.45, 7) is 0. The highest BCUT2D eigenvalue weighted by Gasteiger charge is 2.15. The Hall–Kier alpha value is -0.950. The van der Waals surface area contributed by atoms with Crippen LogP contribution < -0.4 is 5.14 Å². The molecule has 0 aliphatic carbocycles. The average Bonchev–Trinajstić information content (AvgIpc) is 2.69. The molecular formula is C9H9ClN2O2S2. The van der Waals surface area contributed by atoms with Crippen LogP contribution >= 0.6 is 23.7 Å². The molecule has 1 aromatic heterocycles. The van der Waals surface area contributed by atoms with Gasteiger partial charge in [0.25, 0.3) is 0 Å². The zero-order valence-corrected chi connectivity index (χ0v) is 10.5. The predicted octanol–water partition coefficient (Wildman–Crippen LogP) is 1.88. The van der Waals surface area contributed by atoms with Crippen LogP contribution in [0.5, 0.6) is 0 Å². The molecule has 1 heterocycles. The van der Waals surface area contributed by atoms with Gasteiger partial charge in [-0.2, -0.15) is 0 Å². The zero-order chi connectivity index (χ0) is 10.9. The van der Waals surface area contributed by atoms with Gasteiger partial charge in [-0.1, -0.05) is 18.2 Å². The highest BCUT2D eigenvalue weighted by molar-refractivity contribution is 7.89. The molecule has 0 saturated carbocycles. The van der Waals surface area contributed by atoms with E-state index in [0.717, 1.165) is 0 Å². The van der Waals surface area contributed by atoms with Crippen molar-refractivity contribution in [2.45, 2.75) is 4.90 Å². The fraction of sp³-hybridized carbons (Fsp3) is 0. The Labute approximate surface area is 104 Å². The summed E-state index contributed by atoms with van der Waals surface area (Å²) in [6, 6.07) is 6.55. The second kappa shape index (κ2) is 4.92. The summed E-state index contributed by atoms with van der Waals surface area (Å²) in [5.74, 6) is 0. The van der Waals surface area contributed by atoms with Gasteiger partial charge in [-0.25, -0.2) is 18.5 Å². The predicted molar refractivity (Wildman–Crippen MR) is 66.2 cm³/mol. The standard InChI is InChI=1S/C9H8N2O2S2.ClH/c10-15(12,13)9-4-2-1-3-7(9)8-5-14-6-11-8;/h1-6H,(H2,10,12,13);1H. The van der Waals surface area contributed by atoms with E-state index in [0.29, 0.717) is 11.3 Å². The normalized spacial score (nSPS) is 10.8. The van der Waals surface area contributed by atoms with Crippen LogP contribution in [0.3, 0.4) is 0 Å². The van der Waals surface area contributed by atoms with Crippen molar-refractivity contribution in [2.24, 2.45) is 5.14 Å². The molecule has 0 unspecified atom stereocenters. The Morgan fingerprint density at radius 3 is 2.50 bits per heavy atom. The number of nitrogens with two attached hydrogens (primary N) is 1. The van der Waals surface area contributed by atoms with Gasteiger partial charge in [0, 0.05) is 10.9 Å². The lowest BCUT2D eigenvalue weighted by Crippen LogP contribution is -2.13. The summed E-state index contributed by atoms with van der Waals surface area (Å²) in [7, 11) is -3.69. The smallest absolute Gasteiger partial charge is 0.238 e. The zero-order valence-electron chi connectivity index (χ0n) is 8.03. The molecule has 0 radical (unpaired) electrons. The van der Waals surface area contributed by atoms with Gasteiger partial charge in [0.2, 0.25) is 10.0 Å². The lowest BCUT2D eigenvalue weighted by molar-refractivity contribution is 0.598. The third-order valence-corrected chi connectivity index (χ3v) is 3.46. The van der Waals surface area contributed by atoms with Gasteiger partial charge in [-0.3, -0.25) is 0 Å². The maximum absolute atomic E-state index is 11.3. The molecule has 0 fully saturated rings. The third kappa shape index (κ3) is 2.59. The minimum absolute atomic E-state index is 0. The maximum Gasteiger partial charge on any atom is 0.238 e. The topological polar surface area (TPSA) is 73.1 Å². The fourth-order valence-electron chi connectivity index (χ4n) is 1.27. The van der Waals surface area contributed by atoms with E-state index in [2.05, 4.69) is 4.98 Å². The summed E-state index contributed by atoms with van der Waals surface area (Å²) in [6.07, 6.45) is 0. The van der Waals surface area contributed by atoms with Crippen molar-refractivity contribution in [1.29, 1.82) is 0 Å². The molecule has 2 rings (SSSR count). The van der Waals surface area contributed by atoms with Crippen LogP contribution in [-0.2, 0) is 10.0 Å². The number of benzene rings is 1. The van der Waals surface area contributed by atoms with Gasteiger partial charge in [0.15, 0.2) is 0 Å². The van der Waals surface area contributed by atoms with Gasteiger partial charge in [0.1, 0.15) is 0 Å². The van der Waals surface area contributed by atoms with Crippen LogP contribution in [0.1, 0.15) is 0 Å². The number of thiazole rings is 1. The van der Waals surface area contributed by atoms with E-state index >= 15 is 0 Å². The first kappa shape index (κ1) is 13.1. The Kier molecular flexibility index (Phi) is 4.03. The van der Waals surface area contributed by atoms with Crippen molar-refractivity contribution < 1.29 is 8.42 Å². The number of nitrogens with zero attached hydrogens (tertiary/aromatic N) is 1. The van der Waals surface area contributed by atoms with Crippen LogP contribution in [0.15, 0.2) is 40.1 Å². The highest BCUT2D eigenvalue weighted by Crippen LogP contribution is 2.25. The van der Waals surface area contributed by atoms with Crippen molar-refractivity contribution in [3.63, 3.8) is 0 Å². The van der Waals surface area contributed by atoms with E-state index in [1.54, 1.807) is 29.1 Å². The SMILES string of the molecule is Cl.NS(=O)(=O)c1ccccc1-c1cscn1. The molecule has 0 aliphatic heterocycles. The molecule has 0 spiro atoms. The minimum Gasteiger partial charge on any atom is -0.245 e. The molecule has 0 bridgehead atoms. The summed E-state index contributed by atoms with van der Waals surface area (Å²) < 4.78 is 22.6. The molecule has 86 valence electrons. The molecule has 0 aliphatic rings. The average molecular weight is 277 g/mol. The molecule has 2 N–H and O–H groups in total. The van der Waals surface area contributed by atoms with Crippen molar-refractivity contribution in [1.82, 2.24) is 4.98 Å². The van der Waals surface area contributed by atoms with E-state index in [1.165, 1.54) is 17.4 Å². The van der Waals surface area contributed by atoms with E-state index < -0.39 is 10.0 Å². The molecule has 2 aromatic rings. The fourth-order valence-corrected chi connectivity index (χ4v) is 2.57. The van der Waals surface area contributed by atoms with E-state index in [-0.39, 0.29) is 17.3 Å². The van der Waals surface area contributed by atoms with Gasteiger partial charge in [0.05, 0.1) is 16.1 Å². The number of aromatic nitrogens is 1. The largest absolute Gasteiger partial charge is 0.245 e. The summed E-state index contributed by atoms with van der Waals surface area (Å²) in [5.41, 5.74) is 2.82. The summed E-state index contributed by atoms with van der Waals surface area (Å²) in [4.78, 5) is 4.17. The maximum atomic E-state index is 11.3. The van der Waals surface area contributed by atoms with Crippen LogP contribution in [0, 0.1) is 0 Å². The van der Waals surface area contributed by atoms with Crippen LogP contribution in [0.2, 0.25) is 0 Å². The first-order chi connectivity index (χ1) is 7.09. The lowest BCUT2D eigenvalue weighted by atomic mass is 10.2. The van der Waals surface area contributed by atoms with Gasteiger partial charge in [-0.15, -0.1) is 23.7 Å². The lowest BCUT2D eigenvalue weighted by Gasteiger charge is -2.03. The molecule has 1 aromatic carbocycles. The first-order valence-corrected chi connectivity index (χ1v) is 6.58. The number of hydrogen-bond acceptors (Lipinski definition) is 4. The molecule has 4 nitrogen and oxygen atoms in total. The molecular weight excluding hydrogens is 268 g/mol. The van der Waals surface area contributed by atoms with Gasteiger partial charge < -0.3 is 0 Å². The Bertz CT molecular complexity index is 567. The Morgan fingerprint density at radius 2 is 1.94 bits per heavy atom. The highest BCUT2D eigenvalue weighted by atomic mass is 35.5. The second-order valence-corrected chi connectivity index (χ2v) is 5.16. The van der Waals surface area contributed by atoms with Crippen molar-refractivity contribution in [3.05, 3.63) is 35.2 Å².